The van der Waals surface area contributed by atoms with Gasteiger partial charge in [-0.1, -0.05) is 33.4 Å². The Morgan fingerprint density at radius 3 is 2.41 bits per heavy atom. The van der Waals surface area contributed by atoms with E-state index in [4.69, 9.17) is 4.74 Å². The fourth-order valence-corrected chi connectivity index (χ4v) is 3.31. The third-order valence-electron chi connectivity index (χ3n) is 5.21. The Balaban J connectivity index is 2.66. The van der Waals surface area contributed by atoms with Crippen LogP contribution in [0.2, 0.25) is 0 Å². The van der Waals surface area contributed by atoms with Gasteiger partial charge in [-0.05, 0) is 29.9 Å². The molecule has 1 rings (SSSR count). The van der Waals surface area contributed by atoms with Crippen LogP contribution in [0.3, 0.4) is 0 Å². The van der Waals surface area contributed by atoms with Crippen LogP contribution in [0.1, 0.15) is 53.4 Å². The summed E-state index contributed by atoms with van der Waals surface area (Å²) < 4.78 is 5.33. The van der Waals surface area contributed by atoms with Gasteiger partial charge in [-0.3, -0.25) is 14.4 Å². The fraction of sp³-hybridized carbons (Fsp3) is 0.650. The maximum absolute atomic E-state index is 12.4. The van der Waals surface area contributed by atoms with E-state index in [1.54, 1.807) is 19.9 Å². The zero-order valence-corrected chi connectivity index (χ0v) is 16.6. The Hall–Kier alpha value is -1.99. The first-order valence-electron chi connectivity index (χ1n) is 9.16. The molecule has 0 radical (unpaired) electrons. The Labute approximate surface area is 160 Å². The molecule has 0 aromatic heterocycles. The van der Waals surface area contributed by atoms with E-state index >= 15 is 0 Å². The maximum atomic E-state index is 12.4. The molecule has 27 heavy (non-hydrogen) atoms. The van der Waals surface area contributed by atoms with E-state index in [1.807, 2.05) is 13.8 Å². The van der Waals surface area contributed by atoms with Crippen molar-refractivity contribution in [2.45, 2.75) is 65.0 Å². The van der Waals surface area contributed by atoms with E-state index in [-0.39, 0.29) is 24.0 Å². The molecule has 0 aromatic carbocycles. The number of ketones is 1. The lowest BCUT2D eigenvalue weighted by Crippen LogP contribution is -2.53. The topological polar surface area (TPSA) is 113 Å². The third kappa shape index (κ3) is 5.49. The van der Waals surface area contributed by atoms with Crippen molar-refractivity contribution in [2.24, 2.45) is 5.41 Å². The van der Waals surface area contributed by atoms with Crippen molar-refractivity contribution in [3.8, 4) is 0 Å². The van der Waals surface area contributed by atoms with Crippen molar-refractivity contribution in [1.29, 1.82) is 0 Å². The predicted molar refractivity (Wildman–Crippen MR) is 101 cm³/mol. The lowest BCUT2D eigenvalue weighted by molar-refractivity contribution is -0.156. The first kappa shape index (κ1) is 23.0. The van der Waals surface area contributed by atoms with Crippen molar-refractivity contribution in [2.75, 3.05) is 13.2 Å². The van der Waals surface area contributed by atoms with Gasteiger partial charge in [-0.25, -0.2) is 0 Å². The van der Waals surface area contributed by atoms with Crippen molar-refractivity contribution in [3.05, 3.63) is 23.8 Å². The molecular formula is C20H31NO6. The number of Topliss-reactive ketones (excluding diaryl/α,β-unsaturated/α-hetero) is 1. The highest BCUT2D eigenvalue weighted by Crippen LogP contribution is 2.40. The number of allylic oxidation sites excluding steroid dienone is 2. The summed E-state index contributed by atoms with van der Waals surface area (Å²) in [6, 6.07) is 0. The molecule has 0 fully saturated rings. The van der Waals surface area contributed by atoms with Crippen LogP contribution < -0.4 is 5.32 Å². The predicted octanol–water partition coefficient (Wildman–Crippen LogP) is 1.43. The molecule has 0 spiro atoms. The third-order valence-corrected chi connectivity index (χ3v) is 5.21. The normalized spacial score (nSPS) is 19.6. The number of aliphatic hydroxyl groups is 2. The molecule has 0 aromatic rings. The van der Waals surface area contributed by atoms with Crippen molar-refractivity contribution < 1.29 is 29.3 Å². The molecule has 0 bridgehead atoms. The molecule has 0 saturated heterocycles. The smallest absolute Gasteiger partial charge is 0.307 e. The van der Waals surface area contributed by atoms with Gasteiger partial charge in [0.15, 0.2) is 11.9 Å². The summed E-state index contributed by atoms with van der Waals surface area (Å²) in [5.41, 5.74) is -0.0585. The van der Waals surface area contributed by atoms with Crippen LogP contribution in [0.25, 0.3) is 0 Å². The second kappa shape index (κ2) is 9.28. The average Bonchev–Trinajstić information content (AvgIpc) is 2.62. The lowest BCUT2D eigenvalue weighted by atomic mass is 9.71. The minimum absolute atomic E-state index is 0.155. The van der Waals surface area contributed by atoms with Gasteiger partial charge in [0.05, 0.1) is 25.2 Å². The molecule has 152 valence electrons. The van der Waals surface area contributed by atoms with Crippen LogP contribution in [-0.4, -0.2) is 52.7 Å². The second-order valence-corrected chi connectivity index (χ2v) is 7.67. The van der Waals surface area contributed by atoms with E-state index in [2.05, 4.69) is 11.9 Å². The van der Waals surface area contributed by atoms with E-state index in [9.17, 15) is 24.6 Å². The first-order chi connectivity index (χ1) is 12.6. The minimum Gasteiger partial charge on any atom is -0.454 e. The van der Waals surface area contributed by atoms with E-state index in [0.29, 0.717) is 18.4 Å². The zero-order valence-electron chi connectivity index (χ0n) is 16.6. The SMILES string of the molecule is C=CC1=C(C)C(=O)C(OC(=O)CCC(=O)NC(CC)(CO)CO)CC1(C)C. The Morgan fingerprint density at radius 1 is 1.33 bits per heavy atom. The number of nitrogens with one attached hydrogen (secondary N) is 1. The Kier molecular flexibility index (Phi) is 7.92. The molecule has 3 N–H and O–H groups in total. The zero-order chi connectivity index (χ0) is 20.8. The summed E-state index contributed by atoms with van der Waals surface area (Å²) in [6.07, 6.45) is 1.15. The highest BCUT2D eigenvalue weighted by Gasteiger charge is 2.39. The Morgan fingerprint density at radius 2 is 1.93 bits per heavy atom. The van der Waals surface area contributed by atoms with Crippen molar-refractivity contribution in [3.63, 3.8) is 0 Å². The number of carbonyl (C=O) groups is 3. The molecule has 1 aliphatic rings. The van der Waals surface area contributed by atoms with Crippen molar-refractivity contribution in [1.82, 2.24) is 5.32 Å². The quantitative estimate of drug-likeness (QED) is 0.521. The summed E-state index contributed by atoms with van der Waals surface area (Å²) in [4.78, 5) is 36.6. The van der Waals surface area contributed by atoms with E-state index in [0.717, 1.165) is 5.57 Å². The van der Waals surface area contributed by atoms with Crippen LogP contribution in [0.4, 0.5) is 0 Å². The van der Waals surface area contributed by atoms with Gasteiger partial charge in [-0.15, -0.1) is 0 Å². The van der Waals surface area contributed by atoms with Gasteiger partial charge < -0.3 is 20.3 Å². The average molecular weight is 381 g/mol. The number of rotatable bonds is 9. The number of hydrogen-bond acceptors (Lipinski definition) is 6. The molecule has 7 nitrogen and oxygen atoms in total. The van der Waals surface area contributed by atoms with Gasteiger partial charge in [0.25, 0.3) is 0 Å². The number of amides is 1. The number of hydrogen-bond donors (Lipinski definition) is 3. The van der Waals surface area contributed by atoms with Crippen LogP contribution >= 0.6 is 0 Å². The van der Waals surface area contributed by atoms with Gasteiger partial charge in [-0.2, -0.15) is 0 Å². The van der Waals surface area contributed by atoms with Crippen LogP contribution in [0.15, 0.2) is 23.8 Å². The molecule has 0 saturated carbocycles. The molecule has 1 atom stereocenters. The number of ether oxygens (including phenoxy) is 1. The highest BCUT2D eigenvalue weighted by molar-refractivity contribution is 6.01. The highest BCUT2D eigenvalue weighted by atomic mass is 16.5. The molecule has 7 heteroatoms. The van der Waals surface area contributed by atoms with Gasteiger partial charge in [0.1, 0.15) is 0 Å². The monoisotopic (exact) mass is 381 g/mol. The summed E-state index contributed by atoms with van der Waals surface area (Å²) >= 11 is 0. The van der Waals surface area contributed by atoms with Gasteiger partial charge in [0.2, 0.25) is 5.91 Å². The molecule has 0 heterocycles. The van der Waals surface area contributed by atoms with E-state index < -0.39 is 36.7 Å². The number of carbonyl (C=O) groups excluding carboxylic acids is 3. The summed E-state index contributed by atoms with van der Waals surface area (Å²) in [7, 11) is 0. The molecule has 0 aliphatic heterocycles. The van der Waals surface area contributed by atoms with Gasteiger partial charge in [0, 0.05) is 12.8 Å². The van der Waals surface area contributed by atoms with Gasteiger partial charge >= 0.3 is 5.97 Å². The van der Waals surface area contributed by atoms with E-state index in [1.165, 1.54) is 0 Å². The number of esters is 1. The summed E-state index contributed by atoms with van der Waals surface area (Å²) in [6.45, 7) is 10.3. The van der Waals surface area contributed by atoms with Crippen molar-refractivity contribution >= 4 is 17.7 Å². The Bertz CT molecular complexity index is 622. The molecular weight excluding hydrogens is 350 g/mol. The standard InChI is InChI=1S/C20H31NO6/c1-6-14-13(3)18(26)15(10-19(14,4)5)27-17(25)9-8-16(24)21-20(7-2,11-22)12-23/h6,15,22-23H,1,7-12H2,2-5H3,(H,21,24). The maximum Gasteiger partial charge on any atom is 0.307 e. The summed E-state index contributed by atoms with van der Waals surface area (Å²) in [5.74, 6) is -1.35. The second-order valence-electron chi connectivity index (χ2n) is 7.67. The largest absolute Gasteiger partial charge is 0.454 e. The van der Waals surface area contributed by atoms with Crippen LogP contribution in [0, 0.1) is 5.41 Å². The first-order valence-corrected chi connectivity index (χ1v) is 9.16. The van der Waals surface area contributed by atoms with Crippen LogP contribution in [-0.2, 0) is 19.1 Å². The number of aliphatic hydroxyl groups excluding tert-OH is 2. The van der Waals surface area contributed by atoms with Crippen LogP contribution in [0.5, 0.6) is 0 Å². The molecule has 1 unspecified atom stereocenters. The molecule has 1 aliphatic carbocycles. The lowest BCUT2D eigenvalue weighted by Gasteiger charge is -2.36. The summed E-state index contributed by atoms with van der Waals surface area (Å²) in [5, 5.41) is 21.2. The minimum atomic E-state index is -1.10. The fourth-order valence-electron chi connectivity index (χ4n) is 3.31. The molecule has 1 amide bonds.